The van der Waals surface area contributed by atoms with Gasteiger partial charge in [-0.25, -0.2) is 9.50 Å². The predicted octanol–water partition coefficient (Wildman–Crippen LogP) is 4.22. The minimum atomic E-state index is -0.621. The number of aryl methyl sites for hydroxylation is 1. The summed E-state index contributed by atoms with van der Waals surface area (Å²) in [7, 11) is 0. The minimum Gasteiger partial charge on any atom is -0.319 e. The highest BCUT2D eigenvalue weighted by molar-refractivity contribution is 6.36. The number of nitrogens with two attached hydrogens (primary N) is 1. The van der Waals surface area contributed by atoms with Crippen LogP contribution in [0, 0.1) is 18.3 Å². The highest BCUT2D eigenvalue weighted by atomic mass is 35.5. The molecule has 0 aliphatic rings. The Balaban J connectivity index is 1.90. The average Bonchev–Trinajstić information content (AvgIpc) is 3.04. The van der Waals surface area contributed by atoms with Crippen LogP contribution >= 0.6 is 23.2 Å². The molecule has 0 saturated carbocycles. The van der Waals surface area contributed by atoms with Crippen LogP contribution in [0.3, 0.4) is 0 Å². The van der Waals surface area contributed by atoms with E-state index in [1.165, 1.54) is 10.6 Å². The van der Waals surface area contributed by atoms with Gasteiger partial charge >= 0.3 is 0 Å². The standard InChI is InChI=1S/C21H15Cl2N5O/c1-11-19(15-7-6-14(22)8-16(15)23)21-26-17(9-18(29)28(21)27-11)20(25)13-4-2-12(10-24)3-5-13/h2-9,20,27H,25H2,1H3. The van der Waals surface area contributed by atoms with E-state index in [1.54, 1.807) is 42.5 Å². The maximum atomic E-state index is 12.7. The number of nitrogens with zero attached hydrogens (tertiary/aromatic N) is 3. The summed E-state index contributed by atoms with van der Waals surface area (Å²) in [6, 6.07) is 14.9. The Morgan fingerprint density at radius 2 is 1.90 bits per heavy atom. The Morgan fingerprint density at radius 1 is 1.17 bits per heavy atom. The van der Waals surface area contributed by atoms with E-state index in [0.29, 0.717) is 38.1 Å². The molecule has 4 rings (SSSR count). The van der Waals surface area contributed by atoms with Crippen LogP contribution in [-0.2, 0) is 0 Å². The van der Waals surface area contributed by atoms with E-state index < -0.39 is 6.04 Å². The predicted molar refractivity (Wildman–Crippen MR) is 113 cm³/mol. The molecule has 3 N–H and O–H groups in total. The number of aromatic nitrogens is 3. The number of hydrogen-bond acceptors (Lipinski definition) is 4. The molecule has 0 saturated heterocycles. The number of rotatable bonds is 3. The number of fused-ring (bicyclic) bond motifs is 1. The van der Waals surface area contributed by atoms with Gasteiger partial charge in [-0.15, -0.1) is 0 Å². The molecule has 2 aromatic carbocycles. The van der Waals surface area contributed by atoms with E-state index in [0.717, 1.165) is 11.3 Å². The van der Waals surface area contributed by atoms with Crippen LogP contribution in [0.4, 0.5) is 0 Å². The van der Waals surface area contributed by atoms with Crippen molar-refractivity contribution in [1.29, 1.82) is 5.26 Å². The van der Waals surface area contributed by atoms with Crippen molar-refractivity contribution in [2.75, 3.05) is 0 Å². The SMILES string of the molecule is Cc1[nH]n2c(=O)cc(C(N)c3ccc(C#N)cc3)nc2c1-c1ccc(Cl)cc1Cl. The van der Waals surface area contributed by atoms with Gasteiger partial charge in [0.25, 0.3) is 5.56 Å². The van der Waals surface area contributed by atoms with Crippen LogP contribution in [0.5, 0.6) is 0 Å². The average molecular weight is 424 g/mol. The van der Waals surface area contributed by atoms with E-state index >= 15 is 0 Å². The zero-order valence-electron chi connectivity index (χ0n) is 15.3. The molecule has 6 nitrogen and oxygen atoms in total. The highest BCUT2D eigenvalue weighted by Gasteiger charge is 2.19. The highest BCUT2D eigenvalue weighted by Crippen LogP contribution is 2.34. The van der Waals surface area contributed by atoms with Crippen LogP contribution in [0.15, 0.2) is 53.3 Å². The molecule has 4 aromatic rings. The minimum absolute atomic E-state index is 0.284. The number of halogens is 2. The van der Waals surface area contributed by atoms with Crippen LogP contribution in [-0.4, -0.2) is 14.6 Å². The maximum absolute atomic E-state index is 12.7. The first-order valence-electron chi connectivity index (χ1n) is 8.72. The monoisotopic (exact) mass is 423 g/mol. The maximum Gasteiger partial charge on any atom is 0.272 e. The number of hydrogen-bond donors (Lipinski definition) is 2. The molecule has 0 amide bonds. The molecule has 1 unspecified atom stereocenters. The summed E-state index contributed by atoms with van der Waals surface area (Å²) >= 11 is 12.4. The molecule has 8 heteroatoms. The van der Waals surface area contributed by atoms with Crippen molar-refractivity contribution >= 4 is 28.8 Å². The fourth-order valence-corrected chi connectivity index (χ4v) is 3.78. The van der Waals surface area contributed by atoms with Gasteiger partial charge in [-0.2, -0.15) is 5.26 Å². The van der Waals surface area contributed by atoms with Gasteiger partial charge in [0.1, 0.15) is 0 Å². The van der Waals surface area contributed by atoms with Crippen molar-refractivity contribution in [3.8, 4) is 17.2 Å². The molecule has 29 heavy (non-hydrogen) atoms. The van der Waals surface area contributed by atoms with Gasteiger partial charge in [0.05, 0.1) is 28.4 Å². The molecule has 2 heterocycles. The molecule has 0 aliphatic carbocycles. The largest absolute Gasteiger partial charge is 0.319 e. The van der Waals surface area contributed by atoms with Crippen LogP contribution in [0.2, 0.25) is 10.0 Å². The van der Waals surface area contributed by atoms with Crippen LogP contribution in [0.1, 0.15) is 28.6 Å². The number of H-pyrrole nitrogens is 1. The summed E-state index contributed by atoms with van der Waals surface area (Å²) in [5.74, 6) is 0. The Labute approximate surface area is 176 Å². The van der Waals surface area contributed by atoms with Crippen LogP contribution in [0.25, 0.3) is 16.8 Å². The summed E-state index contributed by atoms with van der Waals surface area (Å²) < 4.78 is 1.37. The molecular formula is C21H15Cl2N5O. The van der Waals surface area contributed by atoms with Gasteiger partial charge in [-0.05, 0) is 36.8 Å². The van der Waals surface area contributed by atoms with Gasteiger partial charge in [-0.3, -0.25) is 9.89 Å². The third-order valence-electron chi connectivity index (χ3n) is 4.73. The third kappa shape index (κ3) is 3.40. The number of nitriles is 1. The fourth-order valence-electron chi connectivity index (χ4n) is 3.28. The molecule has 0 spiro atoms. The summed E-state index contributed by atoms with van der Waals surface area (Å²) in [4.78, 5) is 17.4. The van der Waals surface area contributed by atoms with E-state index in [1.807, 2.05) is 6.92 Å². The molecule has 1 atom stereocenters. The third-order valence-corrected chi connectivity index (χ3v) is 5.28. The van der Waals surface area contributed by atoms with Crippen molar-refractivity contribution in [3.63, 3.8) is 0 Å². The van der Waals surface area contributed by atoms with Gasteiger partial charge in [0, 0.05) is 27.9 Å². The lowest BCUT2D eigenvalue weighted by molar-refractivity contribution is 0.799. The smallest absolute Gasteiger partial charge is 0.272 e. The summed E-state index contributed by atoms with van der Waals surface area (Å²) in [5, 5.41) is 13.0. The molecule has 0 aliphatic heterocycles. The molecular weight excluding hydrogens is 409 g/mol. The molecule has 144 valence electrons. The Bertz CT molecular complexity index is 1330. The number of benzene rings is 2. The van der Waals surface area contributed by atoms with E-state index in [9.17, 15) is 4.79 Å². The lowest BCUT2D eigenvalue weighted by Gasteiger charge is -2.12. The first kappa shape index (κ1) is 19.2. The number of nitrogens with one attached hydrogen (secondary N) is 1. The summed E-state index contributed by atoms with van der Waals surface area (Å²) in [6.45, 7) is 1.84. The quantitative estimate of drug-likeness (QED) is 0.514. The van der Waals surface area contributed by atoms with E-state index in [-0.39, 0.29) is 5.56 Å². The second kappa shape index (κ2) is 7.37. The first-order chi connectivity index (χ1) is 13.9. The van der Waals surface area contributed by atoms with Gasteiger partial charge in [0.15, 0.2) is 5.65 Å². The second-order valence-corrected chi connectivity index (χ2v) is 7.47. The lowest BCUT2D eigenvalue weighted by Crippen LogP contribution is -2.21. The topological polar surface area (TPSA) is 100.0 Å². The first-order valence-corrected chi connectivity index (χ1v) is 9.48. The van der Waals surface area contributed by atoms with Crippen molar-refractivity contribution < 1.29 is 0 Å². The Kier molecular flexibility index (Phi) is 4.89. The summed E-state index contributed by atoms with van der Waals surface area (Å²) in [5.41, 5.74) is 10.4. The fraction of sp³-hybridized carbons (Fsp3) is 0.0952. The molecule has 0 fully saturated rings. The van der Waals surface area contributed by atoms with Crippen molar-refractivity contribution in [1.82, 2.24) is 14.6 Å². The lowest BCUT2D eigenvalue weighted by atomic mass is 10.0. The second-order valence-electron chi connectivity index (χ2n) is 6.63. The summed E-state index contributed by atoms with van der Waals surface area (Å²) in [6.07, 6.45) is 0. The zero-order valence-corrected chi connectivity index (χ0v) is 16.8. The molecule has 0 radical (unpaired) electrons. The van der Waals surface area contributed by atoms with E-state index in [4.69, 9.17) is 34.2 Å². The van der Waals surface area contributed by atoms with E-state index in [2.05, 4.69) is 16.2 Å². The number of aromatic amines is 1. The van der Waals surface area contributed by atoms with Gasteiger partial charge in [0.2, 0.25) is 0 Å². The molecule has 0 bridgehead atoms. The van der Waals surface area contributed by atoms with Gasteiger partial charge < -0.3 is 5.73 Å². The van der Waals surface area contributed by atoms with Crippen molar-refractivity contribution in [2.45, 2.75) is 13.0 Å². The van der Waals surface area contributed by atoms with Crippen molar-refractivity contribution in [3.05, 3.63) is 91.4 Å². The van der Waals surface area contributed by atoms with Crippen LogP contribution < -0.4 is 11.3 Å². The van der Waals surface area contributed by atoms with Gasteiger partial charge in [-0.1, -0.05) is 41.4 Å². The zero-order chi connectivity index (χ0) is 20.7. The normalized spacial score (nSPS) is 12.1. The van der Waals surface area contributed by atoms with Crippen molar-refractivity contribution in [2.24, 2.45) is 5.73 Å². The Morgan fingerprint density at radius 3 is 2.55 bits per heavy atom. The molecule has 2 aromatic heterocycles. The Hall–Kier alpha value is -3.11.